The smallest absolute Gasteiger partial charge is 0.329 e. The number of imide groups is 1. The molecule has 0 aromatic heterocycles. The lowest BCUT2D eigenvalue weighted by Crippen LogP contribution is -2.43. The van der Waals surface area contributed by atoms with E-state index in [1.807, 2.05) is 30.3 Å². The van der Waals surface area contributed by atoms with Crippen LogP contribution in [0.4, 0.5) is 10.5 Å². The van der Waals surface area contributed by atoms with Gasteiger partial charge in [0.05, 0.1) is 18.7 Å². The van der Waals surface area contributed by atoms with E-state index in [2.05, 4.69) is 24.5 Å². The molecule has 1 fully saturated rings. The van der Waals surface area contributed by atoms with E-state index in [-0.39, 0.29) is 25.0 Å². The summed E-state index contributed by atoms with van der Waals surface area (Å²) in [4.78, 5) is 38.5. The molecular formula is C23H25N3O5. The van der Waals surface area contributed by atoms with Crippen LogP contribution in [0.2, 0.25) is 0 Å². The summed E-state index contributed by atoms with van der Waals surface area (Å²) >= 11 is 0. The highest BCUT2D eigenvalue weighted by molar-refractivity contribution is 6.22. The number of para-hydroxylation sites is 2. The highest BCUT2D eigenvalue weighted by atomic mass is 16.6. The minimum absolute atomic E-state index is 0.144. The second kappa shape index (κ2) is 8.67. The summed E-state index contributed by atoms with van der Waals surface area (Å²) in [7, 11) is 0. The van der Waals surface area contributed by atoms with Gasteiger partial charge in [-0.15, -0.1) is 0 Å². The molecule has 162 valence electrons. The SMILES string of the molecule is CC(C)c1ccc(N2C(=O)NC(CC(=O)NCC3COc4ccccc4O3)C2=O)cc1. The Labute approximate surface area is 180 Å². The molecule has 0 spiro atoms. The number of benzene rings is 2. The van der Waals surface area contributed by atoms with Crippen LogP contribution in [0.3, 0.4) is 0 Å². The zero-order valence-corrected chi connectivity index (χ0v) is 17.5. The summed E-state index contributed by atoms with van der Waals surface area (Å²) in [6, 6.07) is 13.2. The minimum Gasteiger partial charge on any atom is -0.486 e. The third-order valence-electron chi connectivity index (χ3n) is 5.32. The topological polar surface area (TPSA) is 97.0 Å². The van der Waals surface area contributed by atoms with Crippen LogP contribution in [-0.2, 0) is 9.59 Å². The first kappa shape index (κ1) is 20.7. The Morgan fingerprint density at radius 1 is 1.13 bits per heavy atom. The molecule has 4 amide bonds. The van der Waals surface area contributed by atoms with Crippen molar-refractivity contribution in [3.8, 4) is 11.5 Å². The number of urea groups is 1. The molecule has 2 aliphatic heterocycles. The average molecular weight is 423 g/mol. The number of amides is 4. The second-order valence-electron chi connectivity index (χ2n) is 7.93. The number of nitrogens with zero attached hydrogens (tertiary/aromatic N) is 1. The molecule has 8 heteroatoms. The molecule has 2 heterocycles. The Kier molecular flexibility index (Phi) is 5.79. The van der Waals surface area contributed by atoms with Gasteiger partial charge in [0.1, 0.15) is 18.8 Å². The maximum Gasteiger partial charge on any atom is 0.329 e. The van der Waals surface area contributed by atoms with Crippen LogP contribution < -0.4 is 25.0 Å². The normalized spacial score (nSPS) is 20.0. The second-order valence-corrected chi connectivity index (χ2v) is 7.93. The number of ether oxygens (including phenoxy) is 2. The van der Waals surface area contributed by atoms with E-state index in [0.717, 1.165) is 10.5 Å². The predicted molar refractivity (Wildman–Crippen MR) is 114 cm³/mol. The molecular weight excluding hydrogens is 398 g/mol. The summed E-state index contributed by atoms with van der Waals surface area (Å²) < 4.78 is 11.4. The number of fused-ring (bicyclic) bond motifs is 1. The van der Waals surface area contributed by atoms with Gasteiger partial charge in [-0.05, 0) is 35.7 Å². The first-order valence-corrected chi connectivity index (χ1v) is 10.3. The predicted octanol–water partition coefficient (Wildman–Crippen LogP) is 2.58. The van der Waals surface area contributed by atoms with E-state index < -0.39 is 18.0 Å². The molecule has 2 aromatic carbocycles. The monoisotopic (exact) mass is 423 g/mol. The lowest BCUT2D eigenvalue weighted by Gasteiger charge is -2.26. The van der Waals surface area contributed by atoms with Gasteiger partial charge in [-0.1, -0.05) is 38.1 Å². The Morgan fingerprint density at radius 3 is 2.55 bits per heavy atom. The Balaban J connectivity index is 1.31. The molecule has 0 bridgehead atoms. The number of nitrogens with one attached hydrogen (secondary N) is 2. The van der Waals surface area contributed by atoms with Crippen LogP contribution in [0, 0.1) is 0 Å². The molecule has 2 unspecified atom stereocenters. The summed E-state index contributed by atoms with van der Waals surface area (Å²) in [5, 5.41) is 5.35. The lowest BCUT2D eigenvalue weighted by atomic mass is 10.0. The molecule has 4 rings (SSSR count). The van der Waals surface area contributed by atoms with E-state index in [4.69, 9.17) is 9.47 Å². The van der Waals surface area contributed by atoms with Crippen molar-refractivity contribution in [1.82, 2.24) is 10.6 Å². The first-order chi connectivity index (χ1) is 14.9. The number of anilines is 1. The summed E-state index contributed by atoms with van der Waals surface area (Å²) in [5.74, 6) is 0.860. The molecule has 0 aliphatic carbocycles. The molecule has 1 saturated heterocycles. The quantitative estimate of drug-likeness (QED) is 0.696. The Morgan fingerprint density at radius 2 is 1.84 bits per heavy atom. The molecule has 2 atom stereocenters. The molecule has 31 heavy (non-hydrogen) atoms. The molecule has 0 saturated carbocycles. The fourth-order valence-corrected chi connectivity index (χ4v) is 3.57. The first-order valence-electron chi connectivity index (χ1n) is 10.3. The number of hydrogen-bond acceptors (Lipinski definition) is 5. The van der Waals surface area contributed by atoms with Crippen molar-refractivity contribution >= 4 is 23.5 Å². The van der Waals surface area contributed by atoms with Crippen LogP contribution in [0.15, 0.2) is 48.5 Å². The van der Waals surface area contributed by atoms with Gasteiger partial charge in [-0.2, -0.15) is 0 Å². The third-order valence-corrected chi connectivity index (χ3v) is 5.32. The zero-order chi connectivity index (χ0) is 22.0. The van der Waals surface area contributed by atoms with Crippen LogP contribution in [0.5, 0.6) is 11.5 Å². The van der Waals surface area contributed by atoms with Crippen molar-refractivity contribution < 1.29 is 23.9 Å². The van der Waals surface area contributed by atoms with Gasteiger partial charge in [0.25, 0.3) is 5.91 Å². The van der Waals surface area contributed by atoms with E-state index in [0.29, 0.717) is 29.7 Å². The molecule has 2 aliphatic rings. The highest BCUT2D eigenvalue weighted by Gasteiger charge is 2.40. The average Bonchev–Trinajstić information content (AvgIpc) is 3.04. The van der Waals surface area contributed by atoms with E-state index >= 15 is 0 Å². The van der Waals surface area contributed by atoms with E-state index in [1.54, 1.807) is 18.2 Å². The fourth-order valence-electron chi connectivity index (χ4n) is 3.57. The van der Waals surface area contributed by atoms with Crippen LogP contribution in [0.25, 0.3) is 0 Å². The van der Waals surface area contributed by atoms with Crippen molar-refractivity contribution in [3.05, 3.63) is 54.1 Å². The number of hydrogen-bond donors (Lipinski definition) is 2. The highest BCUT2D eigenvalue weighted by Crippen LogP contribution is 2.30. The Hall–Kier alpha value is -3.55. The lowest BCUT2D eigenvalue weighted by molar-refractivity contribution is -0.125. The maximum atomic E-state index is 12.7. The van der Waals surface area contributed by atoms with Gasteiger partial charge in [0.2, 0.25) is 5.91 Å². The van der Waals surface area contributed by atoms with Crippen molar-refractivity contribution in [2.24, 2.45) is 0 Å². The minimum atomic E-state index is -0.901. The standard InChI is InChI=1S/C23H25N3O5/c1-14(2)15-7-9-16(10-8-15)26-22(28)18(25-23(26)29)11-21(27)24-12-17-13-30-19-5-3-4-6-20(19)31-17/h3-10,14,17-18H,11-13H2,1-2H3,(H,24,27)(H,25,29). The van der Waals surface area contributed by atoms with Gasteiger partial charge in [0, 0.05) is 0 Å². The maximum absolute atomic E-state index is 12.7. The van der Waals surface area contributed by atoms with Crippen LogP contribution >= 0.6 is 0 Å². The van der Waals surface area contributed by atoms with Gasteiger partial charge in [0.15, 0.2) is 11.5 Å². The van der Waals surface area contributed by atoms with Crippen molar-refractivity contribution in [2.75, 3.05) is 18.1 Å². The van der Waals surface area contributed by atoms with Gasteiger partial charge in [-0.3, -0.25) is 9.59 Å². The van der Waals surface area contributed by atoms with Gasteiger partial charge in [-0.25, -0.2) is 9.69 Å². The number of carbonyl (C=O) groups is 3. The number of rotatable bonds is 6. The molecule has 8 nitrogen and oxygen atoms in total. The summed E-state index contributed by atoms with van der Waals surface area (Å²) in [6.07, 6.45) is -0.473. The van der Waals surface area contributed by atoms with Gasteiger partial charge < -0.3 is 20.1 Å². The van der Waals surface area contributed by atoms with Crippen LogP contribution in [0.1, 0.15) is 31.7 Å². The third kappa shape index (κ3) is 4.47. The fraction of sp³-hybridized carbons (Fsp3) is 0.348. The van der Waals surface area contributed by atoms with Crippen molar-refractivity contribution in [2.45, 2.75) is 38.3 Å². The van der Waals surface area contributed by atoms with Crippen molar-refractivity contribution in [1.29, 1.82) is 0 Å². The molecule has 2 aromatic rings. The van der Waals surface area contributed by atoms with Crippen LogP contribution in [-0.4, -0.2) is 43.1 Å². The van der Waals surface area contributed by atoms with E-state index in [1.165, 1.54) is 0 Å². The molecule has 2 N–H and O–H groups in total. The summed E-state index contributed by atoms with van der Waals surface area (Å²) in [6.45, 7) is 4.69. The Bertz CT molecular complexity index is 989. The number of carbonyl (C=O) groups excluding carboxylic acids is 3. The molecule has 0 radical (unpaired) electrons. The summed E-state index contributed by atoms with van der Waals surface area (Å²) in [5.41, 5.74) is 1.60. The largest absolute Gasteiger partial charge is 0.486 e. The van der Waals surface area contributed by atoms with Crippen molar-refractivity contribution in [3.63, 3.8) is 0 Å². The zero-order valence-electron chi connectivity index (χ0n) is 17.5. The van der Waals surface area contributed by atoms with E-state index in [9.17, 15) is 14.4 Å². The van der Waals surface area contributed by atoms with Gasteiger partial charge >= 0.3 is 6.03 Å².